The number of carbonyl (C=O) groups is 1. The molecule has 0 bridgehead atoms. The smallest absolute Gasteiger partial charge is 0.323 e. The van der Waals surface area contributed by atoms with Crippen LogP contribution in [-0.2, 0) is 0 Å². The third kappa shape index (κ3) is 3.36. The number of para-hydroxylation sites is 1. The van der Waals surface area contributed by atoms with Gasteiger partial charge in [0.1, 0.15) is 5.82 Å². The molecule has 4 nitrogen and oxygen atoms in total. The molecule has 0 unspecified atom stereocenters. The zero-order valence-corrected chi connectivity index (χ0v) is 12.2. The van der Waals surface area contributed by atoms with Crippen molar-refractivity contribution in [3.63, 3.8) is 0 Å². The van der Waals surface area contributed by atoms with Crippen molar-refractivity contribution in [1.29, 1.82) is 0 Å². The Balaban J connectivity index is 1.76. The van der Waals surface area contributed by atoms with Crippen molar-refractivity contribution in [1.82, 2.24) is 0 Å². The second-order valence-corrected chi connectivity index (χ2v) is 5.30. The van der Waals surface area contributed by atoms with E-state index >= 15 is 0 Å². The van der Waals surface area contributed by atoms with E-state index in [1.54, 1.807) is 18.2 Å². The summed E-state index contributed by atoms with van der Waals surface area (Å²) >= 11 is 0. The molecule has 0 saturated carbocycles. The average Bonchev–Trinajstić information content (AvgIpc) is 3.02. The van der Waals surface area contributed by atoms with Crippen LogP contribution in [0.3, 0.4) is 0 Å². The third-order valence-electron chi connectivity index (χ3n) is 3.69. The van der Waals surface area contributed by atoms with Gasteiger partial charge in [-0.25, -0.2) is 9.18 Å². The fraction of sp³-hybridized carbons (Fsp3) is 0.235. The Morgan fingerprint density at radius 2 is 1.73 bits per heavy atom. The van der Waals surface area contributed by atoms with Crippen LogP contribution in [-0.4, -0.2) is 19.1 Å². The third-order valence-corrected chi connectivity index (χ3v) is 3.69. The summed E-state index contributed by atoms with van der Waals surface area (Å²) in [5, 5.41) is 5.48. The van der Waals surface area contributed by atoms with Crippen LogP contribution >= 0.6 is 0 Å². The molecule has 1 saturated heterocycles. The van der Waals surface area contributed by atoms with Crippen molar-refractivity contribution in [3.05, 3.63) is 54.3 Å². The molecule has 2 N–H and O–H groups in total. The van der Waals surface area contributed by atoms with Gasteiger partial charge in [0.2, 0.25) is 0 Å². The summed E-state index contributed by atoms with van der Waals surface area (Å²) in [7, 11) is 0. The Bertz CT molecular complexity index is 654. The lowest BCUT2D eigenvalue weighted by Gasteiger charge is -2.21. The van der Waals surface area contributed by atoms with Gasteiger partial charge in [-0.15, -0.1) is 0 Å². The van der Waals surface area contributed by atoms with Gasteiger partial charge in [0.05, 0.1) is 11.4 Å². The minimum atomic E-state index is -0.378. The molecule has 1 aliphatic heterocycles. The van der Waals surface area contributed by atoms with Crippen LogP contribution in [0, 0.1) is 5.82 Å². The van der Waals surface area contributed by atoms with Crippen molar-refractivity contribution in [2.45, 2.75) is 12.8 Å². The molecule has 5 heteroatoms. The van der Waals surface area contributed by atoms with Gasteiger partial charge in [0.15, 0.2) is 0 Å². The summed E-state index contributed by atoms with van der Waals surface area (Å²) in [5.41, 5.74) is 2.05. The minimum Gasteiger partial charge on any atom is -0.370 e. The predicted octanol–water partition coefficient (Wildman–Crippen LogP) is 4.07. The first-order valence-electron chi connectivity index (χ1n) is 7.40. The van der Waals surface area contributed by atoms with E-state index in [-0.39, 0.29) is 11.8 Å². The summed E-state index contributed by atoms with van der Waals surface area (Å²) < 4.78 is 13.5. The summed E-state index contributed by atoms with van der Waals surface area (Å²) in [6.45, 7) is 1.86. The normalized spacial score (nSPS) is 14.0. The van der Waals surface area contributed by atoms with Crippen LogP contribution in [0.5, 0.6) is 0 Å². The van der Waals surface area contributed by atoms with Gasteiger partial charge < -0.3 is 15.5 Å². The van der Waals surface area contributed by atoms with Crippen molar-refractivity contribution in [3.8, 4) is 0 Å². The SMILES string of the molecule is O=C(Nc1ccccc1)Nc1cc(F)ccc1N1CCCC1. The number of rotatable bonds is 3. The van der Waals surface area contributed by atoms with Crippen LogP contribution in [0.1, 0.15) is 12.8 Å². The van der Waals surface area contributed by atoms with E-state index in [1.807, 2.05) is 18.2 Å². The van der Waals surface area contributed by atoms with E-state index in [4.69, 9.17) is 0 Å². The highest BCUT2D eigenvalue weighted by molar-refractivity contribution is 6.01. The van der Waals surface area contributed by atoms with Gasteiger partial charge in [-0.05, 0) is 43.2 Å². The predicted molar refractivity (Wildman–Crippen MR) is 86.9 cm³/mol. The molecule has 0 aliphatic carbocycles. The van der Waals surface area contributed by atoms with Crippen LogP contribution in [0.15, 0.2) is 48.5 Å². The Morgan fingerprint density at radius 3 is 2.45 bits per heavy atom. The summed E-state index contributed by atoms with van der Waals surface area (Å²) in [4.78, 5) is 14.3. The fourth-order valence-electron chi connectivity index (χ4n) is 2.65. The molecule has 0 aromatic heterocycles. The molecule has 2 aromatic carbocycles. The molecule has 114 valence electrons. The van der Waals surface area contributed by atoms with Crippen molar-refractivity contribution in [2.75, 3.05) is 28.6 Å². The van der Waals surface area contributed by atoms with Gasteiger partial charge in [-0.1, -0.05) is 18.2 Å². The quantitative estimate of drug-likeness (QED) is 0.897. The Morgan fingerprint density at radius 1 is 1.00 bits per heavy atom. The first-order chi connectivity index (χ1) is 10.7. The number of nitrogens with zero attached hydrogens (tertiary/aromatic N) is 1. The summed E-state index contributed by atoms with van der Waals surface area (Å²) in [6, 6.07) is 13.3. The van der Waals surface area contributed by atoms with E-state index in [2.05, 4.69) is 15.5 Å². The Hall–Kier alpha value is -2.56. The number of benzene rings is 2. The topological polar surface area (TPSA) is 44.4 Å². The van der Waals surface area contributed by atoms with Crippen LogP contribution in [0.25, 0.3) is 0 Å². The number of urea groups is 1. The second kappa shape index (κ2) is 6.47. The van der Waals surface area contributed by atoms with Gasteiger partial charge in [-0.3, -0.25) is 0 Å². The molecule has 2 amide bonds. The molecule has 0 spiro atoms. The summed E-state index contributed by atoms with van der Waals surface area (Å²) in [5.74, 6) is -0.363. The highest BCUT2D eigenvalue weighted by atomic mass is 19.1. The maximum Gasteiger partial charge on any atom is 0.323 e. The van der Waals surface area contributed by atoms with Gasteiger partial charge in [0.25, 0.3) is 0 Å². The van der Waals surface area contributed by atoms with E-state index in [0.29, 0.717) is 11.4 Å². The van der Waals surface area contributed by atoms with Crippen molar-refractivity contribution >= 4 is 23.1 Å². The van der Waals surface area contributed by atoms with E-state index < -0.39 is 0 Å². The number of anilines is 3. The van der Waals surface area contributed by atoms with E-state index in [0.717, 1.165) is 31.6 Å². The number of halogens is 1. The van der Waals surface area contributed by atoms with E-state index in [9.17, 15) is 9.18 Å². The lowest BCUT2D eigenvalue weighted by molar-refractivity contribution is 0.262. The standard InChI is InChI=1S/C17H18FN3O/c18-13-8-9-16(21-10-4-5-11-21)15(12-13)20-17(22)19-14-6-2-1-3-7-14/h1-3,6-9,12H,4-5,10-11H2,(H2,19,20,22). The zero-order valence-electron chi connectivity index (χ0n) is 12.2. The second-order valence-electron chi connectivity index (χ2n) is 5.30. The van der Waals surface area contributed by atoms with Crippen LogP contribution in [0.4, 0.5) is 26.2 Å². The minimum absolute atomic E-state index is 0.363. The maximum atomic E-state index is 13.5. The maximum absolute atomic E-state index is 13.5. The number of hydrogen-bond donors (Lipinski definition) is 2. The van der Waals surface area contributed by atoms with Gasteiger partial charge in [-0.2, -0.15) is 0 Å². The molecular weight excluding hydrogens is 281 g/mol. The summed E-state index contributed by atoms with van der Waals surface area (Å²) in [6.07, 6.45) is 2.24. The number of hydrogen-bond acceptors (Lipinski definition) is 2. The highest BCUT2D eigenvalue weighted by Crippen LogP contribution is 2.29. The van der Waals surface area contributed by atoms with Gasteiger partial charge in [0, 0.05) is 18.8 Å². The average molecular weight is 299 g/mol. The molecule has 22 heavy (non-hydrogen) atoms. The molecule has 1 heterocycles. The van der Waals surface area contributed by atoms with Crippen molar-refractivity contribution in [2.24, 2.45) is 0 Å². The molecule has 0 radical (unpaired) electrons. The Labute approximate surface area is 128 Å². The molecule has 2 aromatic rings. The fourth-order valence-corrected chi connectivity index (χ4v) is 2.65. The van der Waals surface area contributed by atoms with Crippen LogP contribution < -0.4 is 15.5 Å². The zero-order chi connectivity index (χ0) is 15.4. The molecule has 1 fully saturated rings. The number of nitrogens with one attached hydrogen (secondary N) is 2. The lowest BCUT2D eigenvalue weighted by atomic mass is 10.2. The molecule has 1 aliphatic rings. The van der Waals surface area contributed by atoms with Crippen LogP contribution in [0.2, 0.25) is 0 Å². The Kier molecular flexibility index (Phi) is 4.23. The van der Waals surface area contributed by atoms with Crippen molar-refractivity contribution < 1.29 is 9.18 Å². The largest absolute Gasteiger partial charge is 0.370 e. The molecule has 3 rings (SSSR count). The molecule has 0 atom stereocenters. The van der Waals surface area contributed by atoms with Gasteiger partial charge >= 0.3 is 6.03 Å². The molecular formula is C17H18FN3O. The van der Waals surface area contributed by atoms with E-state index in [1.165, 1.54) is 12.1 Å². The monoisotopic (exact) mass is 299 g/mol. The number of carbonyl (C=O) groups excluding carboxylic acids is 1. The lowest BCUT2D eigenvalue weighted by Crippen LogP contribution is -2.23. The highest BCUT2D eigenvalue weighted by Gasteiger charge is 2.17. The number of amides is 2. The first-order valence-corrected chi connectivity index (χ1v) is 7.40. The first kappa shape index (κ1) is 14.4.